The van der Waals surface area contributed by atoms with Gasteiger partial charge in [0.15, 0.2) is 0 Å². The van der Waals surface area contributed by atoms with Crippen molar-refractivity contribution < 1.29 is 24.6 Å². The van der Waals surface area contributed by atoms with Crippen LogP contribution in [0.15, 0.2) is 42.5 Å². The highest BCUT2D eigenvalue weighted by molar-refractivity contribution is 6.27. The third kappa shape index (κ3) is 3.71. The third-order valence-electron chi connectivity index (χ3n) is 2.09. The fraction of sp³-hybridized carbons (Fsp3) is 0. The average Bonchev–Trinajstić information content (AvgIpc) is 2.38. The molecule has 0 atom stereocenters. The lowest BCUT2D eigenvalue weighted by Crippen LogP contribution is -2.09. The molecule has 0 aliphatic rings. The fourth-order valence-corrected chi connectivity index (χ4v) is 1.28. The van der Waals surface area contributed by atoms with E-state index in [1.807, 2.05) is 42.5 Å². The van der Waals surface area contributed by atoms with E-state index in [9.17, 15) is 4.79 Å². The van der Waals surface area contributed by atoms with E-state index in [0.717, 1.165) is 17.2 Å². The van der Waals surface area contributed by atoms with Crippen LogP contribution in [-0.2, 0) is 9.59 Å². The van der Waals surface area contributed by atoms with Gasteiger partial charge in [0.25, 0.3) is 0 Å². The normalized spacial score (nSPS) is 9.11. The molecule has 0 saturated carbocycles. The Balaban J connectivity index is 0.000000232. The summed E-state index contributed by atoms with van der Waals surface area (Å²) in [5.41, 5.74) is 0.730. The standard InChI is InChI=1S/C11H8O.C2H2O4/c12-8-9-5-6-10-3-1-2-4-11(10)7-9;3-1(4)2(5)6/h1-8H;(H,3,4)(H,5,6). The first kappa shape index (κ1) is 13.4. The maximum Gasteiger partial charge on any atom is 0.414 e. The zero-order valence-electron chi connectivity index (χ0n) is 9.24. The molecule has 18 heavy (non-hydrogen) atoms. The summed E-state index contributed by atoms with van der Waals surface area (Å²) in [5.74, 6) is -3.65. The summed E-state index contributed by atoms with van der Waals surface area (Å²) in [6.45, 7) is 0. The SMILES string of the molecule is O=C(O)C(=O)O.O=Cc1ccc2ccccc2c1. The van der Waals surface area contributed by atoms with E-state index in [0.29, 0.717) is 0 Å². The number of carbonyl (C=O) groups excluding carboxylic acids is 1. The summed E-state index contributed by atoms with van der Waals surface area (Å²) in [4.78, 5) is 28.6. The zero-order chi connectivity index (χ0) is 13.5. The Morgan fingerprint density at radius 1 is 0.889 bits per heavy atom. The van der Waals surface area contributed by atoms with Crippen LogP contribution in [0.5, 0.6) is 0 Å². The van der Waals surface area contributed by atoms with E-state index in [4.69, 9.17) is 19.8 Å². The zero-order valence-corrected chi connectivity index (χ0v) is 9.24. The van der Waals surface area contributed by atoms with Crippen LogP contribution >= 0.6 is 0 Å². The van der Waals surface area contributed by atoms with E-state index in [1.54, 1.807) is 0 Å². The molecule has 0 aromatic heterocycles. The molecular weight excluding hydrogens is 236 g/mol. The van der Waals surface area contributed by atoms with Gasteiger partial charge in [-0.05, 0) is 16.8 Å². The van der Waals surface area contributed by atoms with Crippen molar-refractivity contribution in [1.29, 1.82) is 0 Å². The summed E-state index contributed by atoms with van der Waals surface area (Å²) in [6, 6.07) is 13.7. The first-order chi connectivity index (χ1) is 8.54. The van der Waals surface area contributed by atoms with Gasteiger partial charge in [-0.1, -0.05) is 36.4 Å². The maximum atomic E-state index is 10.5. The van der Waals surface area contributed by atoms with Crippen molar-refractivity contribution in [2.45, 2.75) is 0 Å². The third-order valence-corrected chi connectivity index (χ3v) is 2.09. The van der Waals surface area contributed by atoms with Crippen LogP contribution in [0.1, 0.15) is 10.4 Å². The van der Waals surface area contributed by atoms with Crippen molar-refractivity contribution in [2.75, 3.05) is 0 Å². The molecule has 0 radical (unpaired) electrons. The average molecular weight is 246 g/mol. The highest BCUT2D eigenvalue weighted by Crippen LogP contribution is 2.14. The molecule has 5 heteroatoms. The Morgan fingerprint density at radius 2 is 1.44 bits per heavy atom. The minimum absolute atomic E-state index is 0.730. The first-order valence-corrected chi connectivity index (χ1v) is 4.95. The summed E-state index contributed by atoms with van der Waals surface area (Å²) in [7, 11) is 0. The van der Waals surface area contributed by atoms with Crippen LogP contribution in [-0.4, -0.2) is 28.4 Å². The number of carboxylic acids is 2. The Morgan fingerprint density at radius 3 is 1.94 bits per heavy atom. The molecule has 0 heterocycles. The van der Waals surface area contributed by atoms with Gasteiger partial charge in [0.2, 0.25) is 0 Å². The summed E-state index contributed by atoms with van der Waals surface area (Å²) in [5, 5.41) is 17.1. The van der Waals surface area contributed by atoms with Gasteiger partial charge in [0.1, 0.15) is 6.29 Å². The lowest BCUT2D eigenvalue weighted by Gasteiger charge is -1.96. The molecule has 0 saturated heterocycles. The number of rotatable bonds is 1. The highest BCUT2D eigenvalue weighted by atomic mass is 16.4. The van der Waals surface area contributed by atoms with Gasteiger partial charge in [-0.2, -0.15) is 0 Å². The number of carboxylic acid groups (broad SMARTS) is 2. The molecule has 2 aromatic carbocycles. The van der Waals surface area contributed by atoms with Gasteiger partial charge in [-0.15, -0.1) is 0 Å². The van der Waals surface area contributed by atoms with E-state index < -0.39 is 11.9 Å². The Bertz CT molecular complexity index is 577. The van der Waals surface area contributed by atoms with Gasteiger partial charge < -0.3 is 10.2 Å². The van der Waals surface area contributed by atoms with Crippen molar-refractivity contribution in [3.8, 4) is 0 Å². The fourth-order valence-electron chi connectivity index (χ4n) is 1.28. The molecule has 2 aromatic rings. The maximum absolute atomic E-state index is 10.5. The predicted molar refractivity (Wildman–Crippen MR) is 64.6 cm³/mol. The second-order valence-corrected chi connectivity index (χ2v) is 3.33. The van der Waals surface area contributed by atoms with Crippen LogP contribution in [0.25, 0.3) is 10.8 Å². The van der Waals surface area contributed by atoms with Crippen LogP contribution < -0.4 is 0 Å². The van der Waals surface area contributed by atoms with Crippen LogP contribution in [0, 0.1) is 0 Å². The molecule has 0 aliphatic heterocycles. The number of benzene rings is 2. The minimum Gasteiger partial charge on any atom is -0.473 e. The number of carbonyl (C=O) groups is 3. The molecule has 0 amide bonds. The van der Waals surface area contributed by atoms with Gasteiger partial charge in [0.05, 0.1) is 0 Å². The largest absolute Gasteiger partial charge is 0.473 e. The van der Waals surface area contributed by atoms with E-state index in [1.165, 1.54) is 5.39 Å². The molecule has 2 N–H and O–H groups in total. The molecular formula is C13H10O5. The van der Waals surface area contributed by atoms with Crippen molar-refractivity contribution in [3.05, 3.63) is 48.0 Å². The Hall–Kier alpha value is -2.69. The van der Waals surface area contributed by atoms with Crippen molar-refractivity contribution in [3.63, 3.8) is 0 Å². The summed E-state index contributed by atoms with van der Waals surface area (Å²) in [6.07, 6.45) is 0.867. The number of fused-ring (bicyclic) bond motifs is 1. The Labute approximate surface area is 102 Å². The number of hydrogen-bond donors (Lipinski definition) is 2. The van der Waals surface area contributed by atoms with Crippen molar-refractivity contribution >= 4 is 29.0 Å². The lowest BCUT2D eigenvalue weighted by atomic mass is 10.1. The van der Waals surface area contributed by atoms with Gasteiger partial charge >= 0.3 is 11.9 Å². The molecule has 0 aliphatic carbocycles. The highest BCUT2D eigenvalue weighted by Gasteiger charge is 2.04. The summed E-state index contributed by atoms with van der Waals surface area (Å²) < 4.78 is 0. The van der Waals surface area contributed by atoms with Crippen LogP contribution in [0.3, 0.4) is 0 Å². The molecule has 0 bridgehead atoms. The second-order valence-electron chi connectivity index (χ2n) is 3.33. The van der Waals surface area contributed by atoms with Crippen molar-refractivity contribution in [2.24, 2.45) is 0 Å². The summed E-state index contributed by atoms with van der Waals surface area (Å²) >= 11 is 0. The number of aldehydes is 1. The molecule has 0 spiro atoms. The number of aliphatic carboxylic acids is 2. The molecule has 0 fully saturated rings. The number of hydrogen-bond acceptors (Lipinski definition) is 3. The van der Waals surface area contributed by atoms with E-state index >= 15 is 0 Å². The molecule has 92 valence electrons. The molecule has 0 unspecified atom stereocenters. The van der Waals surface area contributed by atoms with E-state index in [2.05, 4.69) is 0 Å². The second kappa shape index (κ2) is 6.15. The quantitative estimate of drug-likeness (QED) is 0.591. The topological polar surface area (TPSA) is 91.7 Å². The van der Waals surface area contributed by atoms with Crippen LogP contribution in [0.4, 0.5) is 0 Å². The first-order valence-electron chi connectivity index (χ1n) is 4.95. The van der Waals surface area contributed by atoms with Crippen molar-refractivity contribution in [1.82, 2.24) is 0 Å². The lowest BCUT2D eigenvalue weighted by molar-refractivity contribution is -0.159. The molecule has 5 nitrogen and oxygen atoms in total. The van der Waals surface area contributed by atoms with Gasteiger partial charge in [0, 0.05) is 5.56 Å². The van der Waals surface area contributed by atoms with Gasteiger partial charge in [-0.25, -0.2) is 9.59 Å². The van der Waals surface area contributed by atoms with Gasteiger partial charge in [-0.3, -0.25) is 4.79 Å². The monoisotopic (exact) mass is 246 g/mol. The predicted octanol–water partition coefficient (Wildman–Crippen LogP) is 1.81. The Kier molecular flexibility index (Phi) is 4.57. The molecule has 2 rings (SSSR count). The van der Waals surface area contributed by atoms with E-state index in [-0.39, 0.29) is 0 Å². The smallest absolute Gasteiger partial charge is 0.414 e. The van der Waals surface area contributed by atoms with Crippen LogP contribution in [0.2, 0.25) is 0 Å². The minimum atomic E-state index is -1.82.